The van der Waals surface area contributed by atoms with Crippen LogP contribution in [0.2, 0.25) is 0 Å². The van der Waals surface area contributed by atoms with Gasteiger partial charge in [0.15, 0.2) is 5.69 Å². The van der Waals surface area contributed by atoms with E-state index in [1.807, 2.05) is 31.2 Å². The molecule has 1 heterocycles. The van der Waals surface area contributed by atoms with E-state index in [4.69, 9.17) is 5.11 Å². The number of nitrogens with zero attached hydrogens (tertiary/aromatic N) is 1. The largest absolute Gasteiger partial charge is 0.476 e. The van der Waals surface area contributed by atoms with Crippen LogP contribution >= 0.6 is 0 Å². The number of sulfone groups is 1. The summed E-state index contributed by atoms with van der Waals surface area (Å²) in [6.07, 6.45) is 1.26. The highest BCUT2D eigenvalue weighted by Gasteiger charge is 2.21. The number of rotatable bonds is 4. The summed E-state index contributed by atoms with van der Waals surface area (Å²) in [7, 11) is -3.57. The number of aromatic carboxylic acids is 1. The Kier molecular flexibility index (Phi) is 3.63. The van der Waals surface area contributed by atoms with Crippen LogP contribution in [0.4, 0.5) is 0 Å². The van der Waals surface area contributed by atoms with Crippen LogP contribution < -0.4 is 0 Å². The second-order valence-corrected chi connectivity index (χ2v) is 6.54. The van der Waals surface area contributed by atoms with E-state index in [1.165, 1.54) is 0 Å². The molecule has 0 aliphatic carbocycles. The average molecular weight is 294 g/mol. The van der Waals surface area contributed by atoms with Crippen LogP contribution in [0.3, 0.4) is 0 Å². The number of imidazole rings is 1. The van der Waals surface area contributed by atoms with E-state index < -0.39 is 15.8 Å². The number of nitrogens with one attached hydrogen (secondary N) is 1. The highest BCUT2D eigenvalue weighted by molar-refractivity contribution is 7.90. The third-order valence-corrected chi connectivity index (χ3v) is 3.71. The van der Waals surface area contributed by atoms with Gasteiger partial charge in [-0.3, -0.25) is 0 Å². The number of hydrogen-bond donors (Lipinski definition) is 2. The van der Waals surface area contributed by atoms with Crippen molar-refractivity contribution in [1.29, 1.82) is 0 Å². The summed E-state index contributed by atoms with van der Waals surface area (Å²) >= 11 is 0. The molecular formula is C13H14N2O4S. The lowest BCUT2D eigenvalue weighted by atomic mass is 10.1. The van der Waals surface area contributed by atoms with Gasteiger partial charge in [-0.2, -0.15) is 0 Å². The molecule has 2 aromatic rings. The minimum Gasteiger partial charge on any atom is -0.476 e. The maximum absolute atomic E-state index is 11.4. The Morgan fingerprint density at radius 2 is 1.90 bits per heavy atom. The van der Waals surface area contributed by atoms with Crippen LogP contribution in [0.5, 0.6) is 0 Å². The summed E-state index contributed by atoms with van der Waals surface area (Å²) in [5.41, 5.74) is 1.99. The topological polar surface area (TPSA) is 100 Å². The molecule has 0 saturated heterocycles. The van der Waals surface area contributed by atoms with E-state index >= 15 is 0 Å². The third kappa shape index (κ3) is 3.05. The molecule has 106 valence electrons. The Bertz CT molecular complexity index is 745. The zero-order valence-electron chi connectivity index (χ0n) is 11.0. The second kappa shape index (κ2) is 5.09. The number of carbonyl (C=O) groups is 1. The molecule has 2 N–H and O–H groups in total. The predicted molar refractivity (Wildman–Crippen MR) is 72.6 cm³/mol. The van der Waals surface area contributed by atoms with Crippen molar-refractivity contribution in [3.8, 4) is 0 Å². The van der Waals surface area contributed by atoms with E-state index in [0.29, 0.717) is 0 Å². The van der Waals surface area contributed by atoms with Crippen molar-refractivity contribution in [3.63, 3.8) is 0 Å². The van der Waals surface area contributed by atoms with Crippen molar-refractivity contribution in [2.24, 2.45) is 0 Å². The van der Waals surface area contributed by atoms with Gasteiger partial charge < -0.3 is 10.1 Å². The van der Waals surface area contributed by atoms with Gasteiger partial charge in [0.2, 0.25) is 15.0 Å². The van der Waals surface area contributed by atoms with Crippen molar-refractivity contribution in [2.45, 2.75) is 18.5 Å². The molecule has 0 unspecified atom stereocenters. The van der Waals surface area contributed by atoms with Crippen LogP contribution in [0, 0.1) is 6.92 Å². The summed E-state index contributed by atoms with van der Waals surface area (Å²) < 4.78 is 22.9. The van der Waals surface area contributed by atoms with Crippen LogP contribution in [0.15, 0.2) is 29.4 Å². The van der Waals surface area contributed by atoms with Crippen molar-refractivity contribution < 1.29 is 18.3 Å². The zero-order valence-corrected chi connectivity index (χ0v) is 11.9. The molecule has 0 saturated carbocycles. The minimum atomic E-state index is -3.57. The number of carboxylic acids is 1. The lowest BCUT2D eigenvalue weighted by molar-refractivity contribution is 0.0689. The first-order valence-corrected chi connectivity index (χ1v) is 7.74. The van der Waals surface area contributed by atoms with Crippen LogP contribution in [0.25, 0.3) is 0 Å². The maximum Gasteiger partial charge on any atom is 0.356 e. The normalized spacial score (nSPS) is 11.5. The molecule has 0 fully saturated rings. The molecule has 0 bridgehead atoms. The summed E-state index contributed by atoms with van der Waals surface area (Å²) in [4.78, 5) is 17.4. The molecule has 0 amide bonds. The molecular weight excluding hydrogens is 280 g/mol. The number of carboxylic acid groups (broad SMARTS) is 1. The molecule has 6 nitrogen and oxygen atoms in total. The van der Waals surface area contributed by atoms with Crippen molar-refractivity contribution in [3.05, 3.63) is 46.8 Å². The highest BCUT2D eigenvalue weighted by Crippen LogP contribution is 2.16. The number of aromatic amines is 1. The van der Waals surface area contributed by atoms with Gasteiger partial charge in [0, 0.05) is 12.7 Å². The Labute approximate surface area is 116 Å². The van der Waals surface area contributed by atoms with E-state index in [9.17, 15) is 13.2 Å². The standard InChI is InChI=1S/C13H14N2O4S/c1-8-3-5-9(6-4-8)7-10-11(12(16)17)15-13(14-10)20(2,18)19/h3-6H,7H2,1-2H3,(H,14,15)(H,16,17). The SMILES string of the molecule is Cc1ccc(Cc2[nH]c(S(C)(=O)=O)nc2C(=O)O)cc1. The van der Waals surface area contributed by atoms with Crippen LogP contribution in [-0.2, 0) is 16.3 Å². The summed E-state index contributed by atoms with van der Waals surface area (Å²) in [5.74, 6) is -1.25. The molecule has 20 heavy (non-hydrogen) atoms. The second-order valence-electron chi connectivity index (χ2n) is 4.61. The van der Waals surface area contributed by atoms with Gasteiger partial charge in [0.1, 0.15) is 0 Å². The van der Waals surface area contributed by atoms with Crippen LogP contribution in [0.1, 0.15) is 27.3 Å². The predicted octanol–water partition coefficient (Wildman–Crippen LogP) is 1.41. The van der Waals surface area contributed by atoms with Gasteiger partial charge in [-0.15, -0.1) is 0 Å². The van der Waals surface area contributed by atoms with Crippen molar-refractivity contribution >= 4 is 15.8 Å². The maximum atomic E-state index is 11.4. The fourth-order valence-corrected chi connectivity index (χ4v) is 2.34. The summed E-state index contributed by atoms with van der Waals surface area (Å²) in [6, 6.07) is 7.54. The zero-order chi connectivity index (χ0) is 14.9. The first-order chi connectivity index (χ1) is 9.27. The Morgan fingerprint density at radius 3 is 2.40 bits per heavy atom. The van der Waals surface area contributed by atoms with Crippen molar-refractivity contribution in [1.82, 2.24) is 9.97 Å². The molecule has 0 radical (unpaired) electrons. The Hall–Kier alpha value is -2.15. The lowest BCUT2D eigenvalue weighted by Crippen LogP contribution is -2.03. The average Bonchev–Trinajstić information content (AvgIpc) is 2.76. The minimum absolute atomic E-state index is 0.258. The van der Waals surface area contributed by atoms with Gasteiger partial charge in [0.25, 0.3) is 0 Å². The van der Waals surface area contributed by atoms with E-state index in [1.54, 1.807) is 0 Å². The first-order valence-electron chi connectivity index (χ1n) is 5.85. The quantitative estimate of drug-likeness (QED) is 0.888. The first kappa shape index (κ1) is 14.3. The van der Waals surface area contributed by atoms with Crippen LogP contribution in [-0.4, -0.2) is 35.7 Å². The van der Waals surface area contributed by atoms with Gasteiger partial charge >= 0.3 is 5.97 Å². The monoisotopic (exact) mass is 294 g/mol. The fourth-order valence-electron chi connectivity index (χ4n) is 1.78. The highest BCUT2D eigenvalue weighted by atomic mass is 32.2. The molecule has 7 heteroatoms. The van der Waals surface area contributed by atoms with Gasteiger partial charge in [-0.25, -0.2) is 18.2 Å². The Balaban J connectivity index is 2.42. The van der Waals surface area contributed by atoms with Crippen molar-refractivity contribution in [2.75, 3.05) is 6.26 Å². The third-order valence-electron chi connectivity index (χ3n) is 2.81. The molecule has 0 spiro atoms. The number of aromatic nitrogens is 2. The van der Waals surface area contributed by atoms with Gasteiger partial charge in [-0.05, 0) is 12.5 Å². The molecule has 2 rings (SSSR count). The molecule has 1 aromatic carbocycles. The fraction of sp³-hybridized carbons (Fsp3) is 0.231. The van der Waals surface area contributed by atoms with E-state index in [0.717, 1.165) is 17.4 Å². The van der Waals surface area contributed by atoms with Gasteiger partial charge in [0.05, 0.1) is 5.69 Å². The lowest BCUT2D eigenvalue weighted by Gasteiger charge is -2.01. The Morgan fingerprint density at radius 1 is 1.30 bits per heavy atom. The molecule has 0 aliphatic heterocycles. The summed E-state index contributed by atoms with van der Waals surface area (Å²) in [5, 5.41) is 8.77. The number of H-pyrrole nitrogens is 1. The smallest absolute Gasteiger partial charge is 0.356 e. The molecule has 1 aromatic heterocycles. The van der Waals surface area contributed by atoms with E-state index in [-0.39, 0.29) is 23.0 Å². The molecule has 0 atom stereocenters. The van der Waals surface area contributed by atoms with Gasteiger partial charge in [-0.1, -0.05) is 29.8 Å². The summed E-state index contributed by atoms with van der Waals surface area (Å²) in [6.45, 7) is 1.95. The number of benzene rings is 1. The van der Waals surface area contributed by atoms with E-state index in [2.05, 4.69) is 9.97 Å². The number of aryl methyl sites for hydroxylation is 1. The molecule has 0 aliphatic rings. The number of hydrogen-bond acceptors (Lipinski definition) is 4.